The molecule has 4 N–H and O–H groups in total. The van der Waals surface area contributed by atoms with Crippen LogP contribution < -0.4 is 11.3 Å². The fourth-order valence-electron chi connectivity index (χ4n) is 0.703. The van der Waals surface area contributed by atoms with Crippen molar-refractivity contribution in [1.29, 1.82) is 0 Å². The van der Waals surface area contributed by atoms with Crippen LogP contribution in [0.15, 0.2) is 16.5 Å². The van der Waals surface area contributed by atoms with E-state index >= 15 is 0 Å². The van der Waals surface area contributed by atoms with Gasteiger partial charge >= 0.3 is 0 Å². The van der Waals surface area contributed by atoms with Gasteiger partial charge in [0.05, 0.1) is 6.54 Å². The summed E-state index contributed by atoms with van der Waals surface area (Å²) in [6, 6.07) is 3.48. The Labute approximate surface area is 58.6 Å². The van der Waals surface area contributed by atoms with Gasteiger partial charge in [-0.05, 0) is 12.1 Å². The Kier molecular flexibility index (Phi) is 2.44. The second kappa shape index (κ2) is 3.36. The van der Waals surface area contributed by atoms with Gasteiger partial charge < -0.3 is 9.52 Å². The molecule has 0 aliphatic heterocycles. The molecule has 4 nitrogen and oxygen atoms in total. The van der Waals surface area contributed by atoms with E-state index in [1.807, 2.05) is 0 Å². The molecular weight excluding hydrogens is 132 g/mol. The van der Waals surface area contributed by atoms with Crippen LogP contribution in [0.2, 0.25) is 0 Å². The maximum Gasteiger partial charge on any atom is 0.129 e. The van der Waals surface area contributed by atoms with Crippen LogP contribution in [0.5, 0.6) is 0 Å². The first-order valence-electron chi connectivity index (χ1n) is 2.98. The summed E-state index contributed by atoms with van der Waals surface area (Å²) in [6.45, 7) is 0.421. The van der Waals surface area contributed by atoms with Crippen molar-refractivity contribution in [2.45, 2.75) is 13.2 Å². The maximum atomic E-state index is 8.57. The van der Waals surface area contributed by atoms with Gasteiger partial charge in [0, 0.05) is 0 Å². The largest absolute Gasteiger partial charge is 0.462 e. The van der Waals surface area contributed by atoms with Gasteiger partial charge in [-0.3, -0.25) is 11.3 Å². The molecule has 0 radical (unpaired) electrons. The van der Waals surface area contributed by atoms with E-state index in [1.54, 1.807) is 12.1 Å². The molecule has 0 amide bonds. The molecular formula is C6H10N2O2. The van der Waals surface area contributed by atoms with Crippen LogP contribution in [0.25, 0.3) is 0 Å². The molecule has 0 aliphatic carbocycles. The first-order valence-corrected chi connectivity index (χ1v) is 2.98. The van der Waals surface area contributed by atoms with Crippen LogP contribution in [-0.4, -0.2) is 5.11 Å². The van der Waals surface area contributed by atoms with Crippen molar-refractivity contribution in [3.63, 3.8) is 0 Å². The van der Waals surface area contributed by atoms with Gasteiger partial charge in [-0.15, -0.1) is 0 Å². The number of nitrogens with one attached hydrogen (secondary N) is 1. The second-order valence-corrected chi connectivity index (χ2v) is 1.91. The molecule has 56 valence electrons. The third-order valence-corrected chi connectivity index (χ3v) is 1.15. The fraction of sp³-hybridized carbons (Fsp3) is 0.333. The number of rotatable bonds is 3. The third kappa shape index (κ3) is 1.57. The van der Waals surface area contributed by atoms with Crippen molar-refractivity contribution in [3.05, 3.63) is 23.7 Å². The summed E-state index contributed by atoms with van der Waals surface area (Å²) in [6.07, 6.45) is 0. The highest BCUT2D eigenvalue weighted by Gasteiger charge is 1.97. The molecule has 4 heteroatoms. The van der Waals surface area contributed by atoms with Crippen molar-refractivity contribution in [3.8, 4) is 0 Å². The van der Waals surface area contributed by atoms with Crippen LogP contribution in [0.3, 0.4) is 0 Å². The summed E-state index contributed by atoms with van der Waals surface area (Å²) >= 11 is 0. The summed E-state index contributed by atoms with van der Waals surface area (Å²) in [5.41, 5.74) is 2.45. The van der Waals surface area contributed by atoms with Crippen molar-refractivity contribution in [1.82, 2.24) is 5.43 Å². The molecule has 1 aromatic heterocycles. The SMILES string of the molecule is NNCc1ccc(CO)o1. The molecule has 0 saturated heterocycles. The van der Waals surface area contributed by atoms with Gasteiger partial charge in [-0.25, -0.2) is 0 Å². The molecule has 1 rings (SSSR count). The van der Waals surface area contributed by atoms with E-state index in [4.69, 9.17) is 15.4 Å². The number of hydrogen-bond donors (Lipinski definition) is 3. The van der Waals surface area contributed by atoms with E-state index < -0.39 is 0 Å². The quantitative estimate of drug-likeness (QED) is 0.401. The highest BCUT2D eigenvalue weighted by atomic mass is 16.4. The molecule has 0 atom stereocenters. The normalized spacial score (nSPS) is 10.2. The summed E-state index contributed by atoms with van der Waals surface area (Å²) in [5.74, 6) is 6.33. The van der Waals surface area contributed by atoms with Crippen molar-refractivity contribution >= 4 is 0 Å². The average molecular weight is 142 g/mol. The van der Waals surface area contributed by atoms with Gasteiger partial charge in [-0.2, -0.15) is 0 Å². The molecule has 0 spiro atoms. The Balaban J connectivity index is 2.59. The predicted molar refractivity (Wildman–Crippen MR) is 35.7 cm³/mol. The molecule has 0 saturated carbocycles. The summed E-state index contributed by atoms with van der Waals surface area (Å²) in [4.78, 5) is 0. The van der Waals surface area contributed by atoms with Crippen molar-refractivity contribution < 1.29 is 9.52 Å². The smallest absolute Gasteiger partial charge is 0.129 e. The molecule has 1 heterocycles. The van der Waals surface area contributed by atoms with Gasteiger partial charge in [-0.1, -0.05) is 0 Å². The lowest BCUT2D eigenvalue weighted by molar-refractivity contribution is 0.243. The molecule has 0 aliphatic rings. The topological polar surface area (TPSA) is 71.4 Å². The minimum absolute atomic E-state index is 0.0649. The Hall–Kier alpha value is -0.840. The van der Waals surface area contributed by atoms with Gasteiger partial charge in [0.2, 0.25) is 0 Å². The minimum Gasteiger partial charge on any atom is -0.462 e. The molecule has 0 bridgehead atoms. The molecule has 10 heavy (non-hydrogen) atoms. The first-order chi connectivity index (χ1) is 4.86. The molecule has 1 aromatic rings. The standard InChI is InChI=1S/C6H10N2O2/c7-8-3-5-1-2-6(4-9)10-5/h1-2,8-9H,3-4,7H2. The predicted octanol–water partition coefficient (Wildman–Crippen LogP) is -0.265. The van der Waals surface area contributed by atoms with Gasteiger partial charge in [0.25, 0.3) is 0 Å². The number of aliphatic hydroxyl groups is 1. The van der Waals surface area contributed by atoms with Crippen LogP contribution in [0, 0.1) is 0 Å². The van der Waals surface area contributed by atoms with E-state index in [0.717, 1.165) is 5.76 Å². The number of hydrogen-bond acceptors (Lipinski definition) is 4. The number of furan rings is 1. The third-order valence-electron chi connectivity index (χ3n) is 1.15. The Morgan fingerprint density at radius 1 is 1.50 bits per heavy atom. The first kappa shape index (κ1) is 7.27. The van der Waals surface area contributed by atoms with E-state index in [0.29, 0.717) is 12.3 Å². The second-order valence-electron chi connectivity index (χ2n) is 1.91. The van der Waals surface area contributed by atoms with Crippen molar-refractivity contribution in [2.75, 3.05) is 0 Å². The van der Waals surface area contributed by atoms with Crippen LogP contribution >= 0.6 is 0 Å². The highest BCUT2D eigenvalue weighted by molar-refractivity contribution is 5.05. The zero-order chi connectivity index (χ0) is 7.40. The van der Waals surface area contributed by atoms with Crippen LogP contribution in [0.1, 0.15) is 11.5 Å². The van der Waals surface area contributed by atoms with E-state index in [-0.39, 0.29) is 6.61 Å². The van der Waals surface area contributed by atoms with E-state index in [1.165, 1.54) is 0 Å². The Bertz CT molecular complexity index is 197. The Morgan fingerprint density at radius 2 is 2.20 bits per heavy atom. The van der Waals surface area contributed by atoms with Gasteiger partial charge in [0.1, 0.15) is 18.1 Å². The van der Waals surface area contributed by atoms with Gasteiger partial charge in [0.15, 0.2) is 0 Å². The highest BCUT2D eigenvalue weighted by Crippen LogP contribution is 2.06. The Morgan fingerprint density at radius 3 is 2.70 bits per heavy atom. The zero-order valence-corrected chi connectivity index (χ0v) is 5.50. The zero-order valence-electron chi connectivity index (χ0n) is 5.50. The number of hydrazine groups is 1. The molecule has 0 unspecified atom stereocenters. The fourth-order valence-corrected chi connectivity index (χ4v) is 0.703. The lowest BCUT2D eigenvalue weighted by Crippen LogP contribution is -2.20. The van der Waals surface area contributed by atoms with E-state index in [9.17, 15) is 0 Å². The monoisotopic (exact) mass is 142 g/mol. The average Bonchev–Trinajstić information content (AvgIpc) is 2.37. The number of nitrogens with two attached hydrogens (primary N) is 1. The van der Waals surface area contributed by atoms with Crippen LogP contribution in [0.4, 0.5) is 0 Å². The van der Waals surface area contributed by atoms with Crippen LogP contribution in [-0.2, 0) is 13.2 Å². The lowest BCUT2D eigenvalue weighted by atomic mass is 10.4. The molecule has 0 aromatic carbocycles. The molecule has 0 fully saturated rings. The lowest BCUT2D eigenvalue weighted by Gasteiger charge is -1.91. The van der Waals surface area contributed by atoms with Crippen molar-refractivity contribution in [2.24, 2.45) is 5.84 Å². The number of aliphatic hydroxyl groups excluding tert-OH is 1. The van der Waals surface area contributed by atoms with E-state index in [2.05, 4.69) is 5.43 Å². The summed E-state index contributed by atoms with van der Waals surface area (Å²) in [5, 5.41) is 8.57. The summed E-state index contributed by atoms with van der Waals surface area (Å²) < 4.78 is 5.08. The minimum atomic E-state index is -0.0649. The summed E-state index contributed by atoms with van der Waals surface area (Å²) in [7, 11) is 0. The maximum absolute atomic E-state index is 8.57.